The number of hydrogen-bond acceptors (Lipinski definition) is 4. The third-order valence-corrected chi connectivity index (χ3v) is 2.64. The molecule has 2 amide bonds. The van der Waals surface area contributed by atoms with E-state index in [-0.39, 0.29) is 23.2 Å². The number of ketones is 1. The quantitative estimate of drug-likeness (QED) is 0.524. The van der Waals surface area contributed by atoms with E-state index in [1.807, 2.05) is 6.07 Å². The number of fused-ring (bicyclic) bond motifs is 1. The summed E-state index contributed by atoms with van der Waals surface area (Å²) in [4.78, 5) is 36.3. The first-order valence-corrected chi connectivity index (χ1v) is 5.05. The summed E-state index contributed by atoms with van der Waals surface area (Å²) in [6.45, 7) is 1.75. The van der Waals surface area contributed by atoms with E-state index in [1.54, 1.807) is 6.92 Å². The van der Waals surface area contributed by atoms with Gasteiger partial charge in [-0.2, -0.15) is 5.26 Å². The van der Waals surface area contributed by atoms with E-state index in [0.717, 1.165) is 4.90 Å². The second-order valence-electron chi connectivity index (χ2n) is 3.52. The van der Waals surface area contributed by atoms with Crippen molar-refractivity contribution in [1.29, 1.82) is 5.26 Å². The first-order chi connectivity index (χ1) is 8.11. The Balaban J connectivity index is 2.73. The highest BCUT2D eigenvalue weighted by molar-refractivity contribution is 6.49. The Labute approximate surface area is 97.3 Å². The molecule has 0 atom stereocenters. The van der Waals surface area contributed by atoms with Crippen LogP contribution < -0.4 is 0 Å². The van der Waals surface area contributed by atoms with Gasteiger partial charge in [0.15, 0.2) is 0 Å². The van der Waals surface area contributed by atoms with Crippen LogP contribution in [0, 0.1) is 11.3 Å². The van der Waals surface area contributed by atoms with Crippen molar-refractivity contribution in [2.75, 3.05) is 6.54 Å². The molecule has 0 N–H and O–H groups in total. The number of rotatable bonds is 1. The lowest BCUT2D eigenvalue weighted by atomic mass is 9.93. The number of Topliss-reactive ketones (excluding diaryl/α,β-unsaturated/α-hetero) is 1. The molecule has 0 saturated carbocycles. The predicted molar refractivity (Wildman–Crippen MR) is 57.2 cm³/mol. The van der Waals surface area contributed by atoms with Gasteiger partial charge in [0.05, 0.1) is 22.8 Å². The number of nitrogens with zero attached hydrogens (tertiary/aromatic N) is 2. The van der Waals surface area contributed by atoms with Gasteiger partial charge >= 0.3 is 5.91 Å². The molecule has 0 fully saturated rings. The molecule has 0 aliphatic carbocycles. The highest BCUT2D eigenvalue weighted by Crippen LogP contribution is 2.22. The van der Waals surface area contributed by atoms with Crippen molar-refractivity contribution in [3.63, 3.8) is 0 Å². The summed E-state index contributed by atoms with van der Waals surface area (Å²) < 4.78 is 0. The highest BCUT2D eigenvalue weighted by atomic mass is 16.2. The first-order valence-electron chi connectivity index (χ1n) is 5.05. The van der Waals surface area contributed by atoms with Crippen LogP contribution in [0.3, 0.4) is 0 Å². The SMILES string of the molecule is CCN1C(=O)C(=O)c2c(C#N)cccc2C1=O. The van der Waals surface area contributed by atoms with E-state index in [9.17, 15) is 14.4 Å². The minimum absolute atomic E-state index is 0.0601. The van der Waals surface area contributed by atoms with Crippen molar-refractivity contribution in [3.05, 3.63) is 34.9 Å². The number of likely N-dealkylation sites (N-methyl/N-ethyl adjacent to an activating group) is 1. The summed E-state index contributed by atoms with van der Waals surface area (Å²) in [6, 6.07) is 6.20. The normalized spacial score (nSPS) is 14.6. The maximum atomic E-state index is 11.9. The first kappa shape index (κ1) is 11.0. The van der Waals surface area contributed by atoms with Gasteiger partial charge in [0.1, 0.15) is 0 Å². The van der Waals surface area contributed by atoms with Gasteiger partial charge in [-0.1, -0.05) is 6.07 Å². The van der Waals surface area contributed by atoms with E-state index < -0.39 is 17.6 Å². The summed E-state index contributed by atoms with van der Waals surface area (Å²) in [6.07, 6.45) is 0. The van der Waals surface area contributed by atoms with Gasteiger partial charge in [0.2, 0.25) is 0 Å². The Bertz CT molecular complexity index is 584. The summed E-state index contributed by atoms with van der Waals surface area (Å²) in [5.41, 5.74) is 0.107. The smallest absolute Gasteiger partial charge is 0.283 e. The zero-order chi connectivity index (χ0) is 12.6. The van der Waals surface area contributed by atoms with Crippen LogP contribution in [0.1, 0.15) is 33.2 Å². The van der Waals surface area contributed by atoms with Gasteiger partial charge in [0, 0.05) is 6.54 Å². The van der Waals surface area contributed by atoms with Crippen LogP contribution >= 0.6 is 0 Å². The molecule has 1 aliphatic rings. The molecule has 0 spiro atoms. The van der Waals surface area contributed by atoms with Gasteiger partial charge in [-0.25, -0.2) is 0 Å². The van der Waals surface area contributed by atoms with E-state index in [4.69, 9.17) is 5.26 Å². The second kappa shape index (κ2) is 3.83. The van der Waals surface area contributed by atoms with Crippen LogP contribution in [0.4, 0.5) is 0 Å². The highest BCUT2D eigenvalue weighted by Gasteiger charge is 2.38. The van der Waals surface area contributed by atoms with Crippen molar-refractivity contribution in [2.24, 2.45) is 0 Å². The number of imide groups is 1. The van der Waals surface area contributed by atoms with E-state index in [0.29, 0.717) is 0 Å². The van der Waals surface area contributed by atoms with Crippen LogP contribution in [0.15, 0.2) is 18.2 Å². The number of amides is 2. The van der Waals surface area contributed by atoms with Crippen molar-refractivity contribution in [2.45, 2.75) is 6.92 Å². The van der Waals surface area contributed by atoms with Gasteiger partial charge in [0.25, 0.3) is 11.7 Å². The molecule has 1 aliphatic heterocycles. The molecule has 5 heteroatoms. The topological polar surface area (TPSA) is 78.2 Å². The number of hydrogen-bond donors (Lipinski definition) is 0. The minimum Gasteiger partial charge on any atom is -0.283 e. The third-order valence-electron chi connectivity index (χ3n) is 2.64. The fraction of sp³-hybridized carbons (Fsp3) is 0.167. The Hall–Kier alpha value is -2.48. The van der Waals surface area contributed by atoms with Crippen molar-refractivity contribution in [1.82, 2.24) is 4.90 Å². The number of carbonyl (C=O) groups is 3. The fourth-order valence-corrected chi connectivity index (χ4v) is 1.82. The molecule has 84 valence electrons. The molecular formula is C12H8N2O3. The Morgan fingerprint density at radius 1 is 1.24 bits per heavy atom. The Kier molecular flexibility index (Phi) is 2.48. The standard InChI is InChI=1S/C12H8N2O3/c1-2-14-11(16)8-5-3-4-7(6-13)9(8)10(15)12(14)17/h3-5H,2H2,1H3. The molecule has 1 aromatic carbocycles. The van der Waals surface area contributed by atoms with Crippen LogP contribution in [-0.4, -0.2) is 29.0 Å². The Morgan fingerprint density at radius 2 is 1.94 bits per heavy atom. The zero-order valence-electron chi connectivity index (χ0n) is 9.06. The molecule has 5 nitrogen and oxygen atoms in total. The van der Waals surface area contributed by atoms with Crippen LogP contribution in [0.2, 0.25) is 0 Å². The third kappa shape index (κ3) is 1.42. The summed E-state index contributed by atoms with van der Waals surface area (Å²) in [5.74, 6) is -2.18. The Morgan fingerprint density at radius 3 is 2.53 bits per heavy atom. The van der Waals surface area contributed by atoms with Crippen molar-refractivity contribution >= 4 is 17.6 Å². The number of benzene rings is 1. The molecule has 0 radical (unpaired) electrons. The maximum absolute atomic E-state index is 11.9. The molecule has 0 saturated heterocycles. The van der Waals surface area contributed by atoms with Crippen LogP contribution in [0.25, 0.3) is 0 Å². The molecule has 0 aromatic heterocycles. The summed E-state index contributed by atoms with van der Waals surface area (Å²) in [7, 11) is 0. The average molecular weight is 228 g/mol. The number of nitriles is 1. The maximum Gasteiger partial charge on any atom is 0.301 e. The molecule has 17 heavy (non-hydrogen) atoms. The largest absolute Gasteiger partial charge is 0.301 e. The van der Waals surface area contributed by atoms with E-state index in [1.165, 1.54) is 18.2 Å². The van der Waals surface area contributed by atoms with Crippen LogP contribution in [-0.2, 0) is 4.79 Å². The van der Waals surface area contributed by atoms with E-state index >= 15 is 0 Å². The lowest BCUT2D eigenvalue weighted by molar-refractivity contribution is -0.124. The van der Waals surface area contributed by atoms with Gasteiger partial charge < -0.3 is 0 Å². The van der Waals surface area contributed by atoms with Crippen molar-refractivity contribution < 1.29 is 14.4 Å². The lowest BCUT2D eigenvalue weighted by Gasteiger charge is -2.24. The average Bonchev–Trinajstić information content (AvgIpc) is 2.36. The predicted octanol–water partition coefficient (Wildman–Crippen LogP) is 0.743. The lowest BCUT2D eigenvalue weighted by Crippen LogP contribution is -2.46. The molecule has 2 rings (SSSR count). The minimum atomic E-state index is -0.868. The van der Waals surface area contributed by atoms with E-state index in [2.05, 4.69) is 0 Å². The van der Waals surface area contributed by atoms with Gasteiger partial charge in [-0.05, 0) is 19.1 Å². The fourth-order valence-electron chi connectivity index (χ4n) is 1.82. The molecular weight excluding hydrogens is 220 g/mol. The van der Waals surface area contributed by atoms with Crippen LogP contribution in [0.5, 0.6) is 0 Å². The molecule has 1 heterocycles. The van der Waals surface area contributed by atoms with Crippen molar-refractivity contribution in [3.8, 4) is 6.07 Å². The summed E-state index contributed by atoms with van der Waals surface area (Å²) in [5, 5.41) is 8.87. The molecule has 0 unspecified atom stereocenters. The monoisotopic (exact) mass is 228 g/mol. The second-order valence-corrected chi connectivity index (χ2v) is 3.52. The zero-order valence-corrected chi connectivity index (χ0v) is 9.06. The van der Waals surface area contributed by atoms with Gasteiger partial charge in [-0.3, -0.25) is 19.3 Å². The number of carbonyl (C=O) groups excluding carboxylic acids is 3. The van der Waals surface area contributed by atoms with Gasteiger partial charge in [-0.15, -0.1) is 0 Å². The summed E-state index contributed by atoms with van der Waals surface area (Å²) >= 11 is 0. The molecule has 1 aromatic rings. The molecule has 0 bridgehead atoms.